The van der Waals surface area contributed by atoms with Gasteiger partial charge in [0.2, 0.25) is 0 Å². The predicted octanol–water partition coefficient (Wildman–Crippen LogP) is 3.07. The zero-order valence-electron chi connectivity index (χ0n) is 11.7. The van der Waals surface area contributed by atoms with Crippen LogP contribution in [0.25, 0.3) is 0 Å². The lowest BCUT2D eigenvalue weighted by Crippen LogP contribution is -2.42. The van der Waals surface area contributed by atoms with E-state index in [9.17, 15) is 4.79 Å². The summed E-state index contributed by atoms with van der Waals surface area (Å²) in [7, 11) is 0. The second-order valence-corrected chi connectivity index (χ2v) is 4.65. The van der Waals surface area contributed by atoms with E-state index in [4.69, 9.17) is 4.74 Å². The maximum atomic E-state index is 12.0. The van der Waals surface area contributed by atoms with E-state index in [0.29, 0.717) is 6.42 Å². The van der Waals surface area contributed by atoms with E-state index in [2.05, 4.69) is 5.32 Å². The monoisotopic (exact) mass is 249 g/mol. The Hall–Kier alpha value is -1.51. The number of amides is 1. The van der Waals surface area contributed by atoms with Crippen molar-refractivity contribution in [3.05, 3.63) is 29.8 Å². The first kappa shape index (κ1) is 14.6. The summed E-state index contributed by atoms with van der Waals surface area (Å²) in [6.45, 7) is 8.02. The second kappa shape index (κ2) is 7.04. The molecule has 0 unspecified atom stereocenters. The molecule has 100 valence electrons. The molecule has 0 heterocycles. The maximum Gasteiger partial charge on any atom is 0.261 e. The summed E-state index contributed by atoms with van der Waals surface area (Å²) in [5, 5.41) is 2.95. The van der Waals surface area contributed by atoms with E-state index in [-0.39, 0.29) is 11.9 Å². The van der Waals surface area contributed by atoms with E-state index in [1.165, 1.54) is 5.56 Å². The quantitative estimate of drug-likeness (QED) is 0.841. The fraction of sp³-hybridized carbons (Fsp3) is 0.533. The van der Waals surface area contributed by atoms with Crippen LogP contribution in [0.15, 0.2) is 24.3 Å². The van der Waals surface area contributed by atoms with Crippen LogP contribution in [0.5, 0.6) is 5.75 Å². The highest BCUT2D eigenvalue weighted by atomic mass is 16.5. The van der Waals surface area contributed by atoms with E-state index in [1.807, 2.05) is 52.0 Å². The molecular formula is C15H23NO2. The van der Waals surface area contributed by atoms with Crippen molar-refractivity contribution in [2.24, 2.45) is 0 Å². The van der Waals surface area contributed by atoms with Crippen LogP contribution < -0.4 is 10.1 Å². The van der Waals surface area contributed by atoms with Crippen LogP contribution in [0, 0.1) is 6.92 Å². The zero-order valence-corrected chi connectivity index (χ0v) is 11.7. The molecule has 1 aromatic carbocycles. The lowest BCUT2D eigenvalue weighted by Gasteiger charge is -2.19. The summed E-state index contributed by atoms with van der Waals surface area (Å²) < 4.78 is 5.71. The van der Waals surface area contributed by atoms with E-state index in [0.717, 1.165) is 12.2 Å². The van der Waals surface area contributed by atoms with Crippen LogP contribution in [-0.2, 0) is 4.79 Å². The Morgan fingerprint density at radius 2 is 1.83 bits per heavy atom. The number of ether oxygens (including phenoxy) is 1. The van der Waals surface area contributed by atoms with Gasteiger partial charge in [0.15, 0.2) is 6.10 Å². The molecule has 1 N–H and O–H groups in total. The molecule has 1 aromatic rings. The smallest absolute Gasteiger partial charge is 0.261 e. The van der Waals surface area contributed by atoms with Crippen molar-refractivity contribution in [2.75, 3.05) is 0 Å². The first-order chi connectivity index (χ1) is 8.56. The van der Waals surface area contributed by atoms with Gasteiger partial charge >= 0.3 is 0 Å². The molecule has 2 atom stereocenters. The van der Waals surface area contributed by atoms with Gasteiger partial charge in [-0.25, -0.2) is 0 Å². The van der Waals surface area contributed by atoms with Crippen LogP contribution in [0.4, 0.5) is 0 Å². The third-order valence-electron chi connectivity index (χ3n) is 2.96. The highest BCUT2D eigenvalue weighted by Gasteiger charge is 2.19. The Labute approximate surface area is 110 Å². The van der Waals surface area contributed by atoms with Crippen LogP contribution in [-0.4, -0.2) is 18.1 Å². The Bertz CT molecular complexity index is 373. The predicted molar refractivity (Wildman–Crippen MR) is 73.8 cm³/mol. The molecule has 0 fully saturated rings. The van der Waals surface area contributed by atoms with Crippen LogP contribution >= 0.6 is 0 Å². The Morgan fingerprint density at radius 1 is 1.22 bits per heavy atom. The third-order valence-corrected chi connectivity index (χ3v) is 2.96. The third kappa shape index (κ3) is 4.40. The van der Waals surface area contributed by atoms with Gasteiger partial charge < -0.3 is 10.1 Å². The molecule has 0 saturated heterocycles. The zero-order chi connectivity index (χ0) is 13.5. The molecule has 0 saturated carbocycles. The summed E-state index contributed by atoms with van der Waals surface area (Å²) in [4.78, 5) is 12.0. The molecule has 3 nitrogen and oxygen atoms in total. The second-order valence-electron chi connectivity index (χ2n) is 4.65. The summed E-state index contributed by atoms with van der Waals surface area (Å²) >= 11 is 0. The van der Waals surface area contributed by atoms with Gasteiger partial charge in [-0.05, 0) is 38.8 Å². The van der Waals surface area contributed by atoms with Gasteiger partial charge in [-0.3, -0.25) is 4.79 Å². The lowest BCUT2D eigenvalue weighted by atomic mass is 10.2. The average molecular weight is 249 g/mol. The molecule has 1 amide bonds. The Morgan fingerprint density at radius 3 is 2.33 bits per heavy atom. The number of carbonyl (C=O) groups is 1. The van der Waals surface area contributed by atoms with Crippen molar-refractivity contribution < 1.29 is 9.53 Å². The fourth-order valence-electron chi connectivity index (χ4n) is 1.54. The number of hydrogen-bond acceptors (Lipinski definition) is 2. The molecule has 18 heavy (non-hydrogen) atoms. The fourth-order valence-corrected chi connectivity index (χ4v) is 1.54. The van der Waals surface area contributed by atoms with Crippen molar-refractivity contribution in [3.63, 3.8) is 0 Å². The van der Waals surface area contributed by atoms with E-state index >= 15 is 0 Å². The number of carbonyl (C=O) groups excluding carboxylic acids is 1. The van der Waals surface area contributed by atoms with Gasteiger partial charge in [-0.15, -0.1) is 0 Å². The van der Waals surface area contributed by atoms with E-state index < -0.39 is 6.10 Å². The van der Waals surface area contributed by atoms with Crippen molar-refractivity contribution >= 4 is 5.91 Å². The minimum Gasteiger partial charge on any atom is -0.481 e. The molecule has 0 spiro atoms. The van der Waals surface area contributed by atoms with Gasteiger partial charge in [0.05, 0.1) is 0 Å². The van der Waals surface area contributed by atoms with Crippen LogP contribution in [0.1, 0.15) is 39.2 Å². The van der Waals surface area contributed by atoms with Crippen molar-refractivity contribution in [1.82, 2.24) is 5.32 Å². The number of aryl methyl sites for hydroxylation is 1. The first-order valence-corrected chi connectivity index (χ1v) is 6.60. The number of hydrogen-bond donors (Lipinski definition) is 1. The van der Waals surface area contributed by atoms with Gasteiger partial charge in [0.25, 0.3) is 5.91 Å². The average Bonchev–Trinajstić information content (AvgIpc) is 2.37. The molecule has 0 bridgehead atoms. The molecule has 0 aliphatic heterocycles. The lowest BCUT2D eigenvalue weighted by molar-refractivity contribution is -0.128. The minimum absolute atomic E-state index is 0.0348. The maximum absolute atomic E-state index is 12.0. The standard InChI is InChI=1S/C15H23NO2/c1-5-12(4)16-15(17)14(6-2)18-13-9-7-11(3)8-10-13/h7-10,12,14H,5-6H2,1-4H3,(H,16,17)/t12-,14+/m1/s1. The summed E-state index contributed by atoms with van der Waals surface area (Å²) in [5.74, 6) is 0.708. The SMILES string of the molecule is CC[C@@H](C)NC(=O)[C@H](CC)Oc1ccc(C)cc1. The van der Waals surface area contributed by atoms with Crippen molar-refractivity contribution in [1.29, 1.82) is 0 Å². The van der Waals surface area contributed by atoms with Crippen LogP contribution in [0.3, 0.4) is 0 Å². The topological polar surface area (TPSA) is 38.3 Å². The van der Waals surface area contributed by atoms with Crippen molar-refractivity contribution in [3.8, 4) is 5.75 Å². The van der Waals surface area contributed by atoms with Gasteiger partial charge in [-0.2, -0.15) is 0 Å². The largest absolute Gasteiger partial charge is 0.481 e. The molecule has 1 rings (SSSR count). The Balaban J connectivity index is 2.61. The van der Waals surface area contributed by atoms with Gasteiger partial charge in [0.1, 0.15) is 5.75 Å². The minimum atomic E-state index is -0.415. The molecule has 0 aliphatic carbocycles. The van der Waals surface area contributed by atoms with Crippen molar-refractivity contribution in [2.45, 2.75) is 52.7 Å². The molecule has 0 aromatic heterocycles. The molecule has 0 radical (unpaired) electrons. The molecular weight excluding hydrogens is 226 g/mol. The van der Waals surface area contributed by atoms with Gasteiger partial charge in [0, 0.05) is 6.04 Å². The molecule has 3 heteroatoms. The molecule has 0 aliphatic rings. The highest BCUT2D eigenvalue weighted by Crippen LogP contribution is 2.14. The first-order valence-electron chi connectivity index (χ1n) is 6.60. The Kier molecular flexibility index (Phi) is 5.69. The number of rotatable bonds is 6. The summed E-state index contributed by atoms with van der Waals surface area (Å²) in [6, 6.07) is 7.94. The summed E-state index contributed by atoms with van der Waals surface area (Å²) in [6.07, 6.45) is 1.17. The normalized spacial score (nSPS) is 13.8. The van der Waals surface area contributed by atoms with E-state index in [1.54, 1.807) is 0 Å². The van der Waals surface area contributed by atoms with Gasteiger partial charge in [-0.1, -0.05) is 31.5 Å². The highest BCUT2D eigenvalue weighted by molar-refractivity contribution is 5.81. The summed E-state index contributed by atoms with van der Waals surface area (Å²) in [5.41, 5.74) is 1.18. The number of nitrogens with one attached hydrogen (secondary N) is 1. The van der Waals surface area contributed by atoms with Crippen LogP contribution in [0.2, 0.25) is 0 Å². The number of benzene rings is 1.